The number of amides is 1. The van der Waals surface area contributed by atoms with Gasteiger partial charge in [-0.1, -0.05) is 70.9 Å². The van der Waals surface area contributed by atoms with Crippen LogP contribution in [-0.2, 0) is 25.4 Å². The summed E-state index contributed by atoms with van der Waals surface area (Å²) >= 11 is 25.0. The van der Waals surface area contributed by atoms with Gasteiger partial charge in [-0.05, 0) is 59.7 Å². The summed E-state index contributed by atoms with van der Waals surface area (Å²) in [6, 6.07) is 13.8. The minimum Gasteiger partial charge on any atom is -0.493 e. The maximum atomic E-state index is 13.7. The molecule has 1 fully saturated rings. The lowest BCUT2D eigenvalue weighted by molar-refractivity contribution is -0.113. The lowest BCUT2D eigenvalue weighted by Gasteiger charge is -2.15. The van der Waals surface area contributed by atoms with E-state index in [1.165, 1.54) is 53.4 Å². The fourth-order valence-corrected chi connectivity index (χ4v) is 6.84. The van der Waals surface area contributed by atoms with E-state index in [9.17, 15) is 18.8 Å². The third kappa shape index (κ3) is 6.05. The van der Waals surface area contributed by atoms with Gasteiger partial charge in [-0.15, -0.1) is 0 Å². The number of hydrogen-bond acceptors (Lipinski definition) is 8. The Hall–Kier alpha value is -4.14. The molecule has 1 aliphatic rings. The third-order valence-electron chi connectivity index (χ3n) is 7.30. The maximum absolute atomic E-state index is 13.7. The van der Waals surface area contributed by atoms with Crippen molar-refractivity contribution in [2.24, 2.45) is 14.1 Å². The Balaban J connectivity index is 1.38. The van der Waals surface area contributed by atoms with Crippen LogP contribution in [0, 0.1) is 5.82 Å². The molecule has 47 heavy (non-hydrogen) atoms. The quantitative estimate of drug-likeness (QED) is 0.133. The number of ether oxygens (including phenoxy) is 2. The van der Waals surface area contributed by atoms with Crippen molar-refractivity contribution in [1.29, 1.82) is 0 Å². The number of hydrogen-bond donors (Lipinski definition) is 0. The number of thioether (sulfide) groups is 1. The number of carbonyl (C=O) groups is 1. The smallest absolute Gasteiger partial charge is 0.332 e. The first-order chi connectivity index (χ1) is 22.4. The molecule has 0 bridgehead atoms. The number of methoxy groups -OCH3 is 1. The highest BCUT2D eigenvalue weighted by Crippen LogP contribution is 2.39. The molecule has 10 nitrogen and oxygen atoms in total. The molecule has 0 radical (unpaired) electrons. The predicted molar refractivity (Wildman–Crippen MR) is 186 cm³/mol. The molecule has 240 valence electrons. The zero-order chi connectivity index (χ0) is 33.7. The molecule has 1 saturated heterocycles. The molecule has 3 heterocycles. The summed E-state index contributed by atoms with van der Waals surface area (Å²) in [5.41, 5.74) is 0.659. The van der Waals surface area contributed by atoms with E-state index in [1.807, 2.05) is 0 Å². The minimum absolute atomic E-state index is 0.00537. The Kier molecular flexibility index (Phi) is 8.94. The van der Waals surface area contributed by atoms with Crippen LogP contribution in [0.4, 0.5) is 10.1 Å². The summed E-state index contributed by atoms with van der Waals surface area (Å²) in [7, 11) is 4.32. The number of anilines is 1. The Morgan fingerprint density at radius 3 is 2.43 bits per heavy atom. The monoisotopic (exact) mass is 731 g/mol. The first-order valence-electron chi connectivity index (χ1n) is 13.6. The number of aromatic nitrogens is 4. The standard InChI is InChI=1S/C31H21Cl3FN5O5S2/c1-37-26-25(28(42)38(2)30(37)43)39(14-16-5-6-17(32)12-19(16)33)29(36-26)45-22-9-4-15(10-23(22)44-3)11-24-27(41)40(31(46)47-24)18-7-8-21(35)20(34)13-18/h4-13H,14H2,1-3H3. The van der Waals surface area contributed by atoms with Crippen molar-refractivity contribution in [2.75, 3.05) is 12.0 Å². The van der Waals surface area contributed by atoms with Gasteiger partial charge in [0, 0.05) is 24.1 Å². The zero-order valence-corrected chi connectivity index (χ0v) is 28.5. The van der Waals surface area contributed by atoms with E-state index in [4.69, 9.17) is 56.5 Å². The molecular formula is C31H21Cl3FN5O5S2. The van der Waals surface area contributed by atoms with Crippen LogP contribution in [0.5, 0.6) is 17.5 Å². The zero-order valence-electron chi connectivity index (χ0n) is 24.6. The van der Waals surface area contributed by atoms with Crippen LogP contribution >= 0.6 is 58.8 Å². The highest BCUT2D eigenvalue weighted by Gasteiger charge is 2.34. The van der Waals surface area contributed by atoms with Crippen molar-refractivity contribution in [1.82, 2.24) is 18.7 Å². The molecule has 5 aromatic rings. The summed E-state index contributed by atoms with van der Waals surface area (Å²) in [5.74, 6) is -0.492. The highest BCUT2D eigenvalue weighted by molar-refractivity contribution is 8.27. The Bertz CT molecular complexity index is 2300. The van der Waals surface area contributed by atoms with Gasteiger partial charge in [-0.2, -0.15) is 4.98 Å². The molecule has 1 amide bonds. The first kappa shape index (κ1) is 32.8. The highest BCUT2D eigenvalue weighted by atomic mass is 35.5. The Labute approximate surface area is 290 Å². The normalized spacial score (nSPS) is 14.1. The number of aryl methyl sites for hydroxylation is 1. The minimum atomic E-state index is -0.610. The number of thiocarbonyl (C=S) groups is 1. The summed E-state index contributed by atoms with van der Waals surface area (Å²) < 4.78 is 29.6. The van der Waals surface area contributed by atoms with Gasteiger partial charge in [0.15, 0.2) is 27.0 Å². The van der Waals surface area contributed by atoms with Crippen LogP contribution in [0.1, 0.15) is 11.1 Å². The van der Waals surface area contributed by atoms with Gasteiger partial charge in [-0.3, -0.25) is 28.2 Å². The number of halogens is 4. The number of nitrogens with zero attached hydrogens (tertiary/aromatic N) is 5. The van der Waals surface area contributed by atoms with Gasteiger partial charge in [-0.25, -0.2) is 9.18 Å². The molecule has 16 heteroatoms. The molecule has 3 aromatic carbocycles. The summed E-state index contributed by atoms with van der Waals surface area (Å²) in [5, 5.41) is 0.672. The molecule has 2 aromatic heterocycles. The van der Waals surface area contributed by atoms with Crippen molar-refractivity contribution in [3.8, 4) is 17.5 Å². The van der Waals surface area contributed by atoms with Crippen LogP contribution in [0.25, 0.3) is 17.2 Å². The molecule has 6 rings (SSSR count). The largest absolute Gasteiger partial charge is 0.493 e. The molecule has 0 N–H and O–H groups in total. The number of fused-ring (bicyclic) bond motifs is 1. The van der Waals surface area contributed by atoms with Gasteiger partial charge in [0.05, 0.1) is 29.3 Å². The maximum Gasteiger partial charge on any atom is 0.332 e. The van der Waals surface area contributed by atoms with E-state index in [0.29, 0.717) is 31.8 Å². The average Bonchev–Trinajstić information content (AvgIpc) is 3.53. The van der Waals surface area contributed by atoms with Gasteiger partial charge in [0.1, 0.15) is 5.82 Å². The fraction of sp³-hybridized carbons (Fsp3) is 0.129. The number of imidazole rings is 1. The van der Waals surface area contributed by atoms with E-state index in [2.05, 4.69) is 4.98 Å². The summed E-state index contributed by atoms with van der Waals surface area (Å²) in [6.45, 7) is 0.0663. The van der Waals surface area contributed by atoms with Gasteiger partial charge in [0.25, 0.3) is 11.5 Å². The summed E-state index contributed by atoms with van der Waals surface area (Å²) in [6.07, 6.45) is 1.63. The van der Waals surface area contributed by atoms with E-state index >= 15 is 0 Å². The van der Waals surface area contributed by atoms with Crippen LogP contribution < -0.4 is 25.6 Å². The topological polar surface area (TPSA) is 101 Å². The molecule has 0 unspecified atom stereocenters. The lowest BCUT2D eigenvalue weighted by Crippen LogP contribution is -2.37. The number of rotatable bonds is 7. The van der Waals surface area contributed by atoms with Crippen molar-refractivity contribution < 1.29 is 18.7 Å². The fourth-order valence-electron chi connectivity index (χ4n) is 4.89. The third-order valence-corrected chi connectivity index (χ3v) is 9.48. The Morgan fingerprint density at radius 1 is 0.957 bits per heavy atom. The van der Waals surface area contributed by atoms with Crippen molar-refractivity contribution in [3.63, 3.8) is 0 Å². The first-order valence-corrected chi connectivity index (χ1v) is 15.9. The molecule has 0 spiro atoms. The summed E-state index contributed by atoms with van der Waals surface area (Å²) in [4.78, 5) is 45.4. The van der Waals surface area contributed by atoms with Crippen LogP contribution in [0.3, 0.4) is 0 Å². The van der Waals surface area contributed by atoms with Crippen molar-refractivity contribution in [2.45, 2.75) is 6.54 Å². The molecular weight excluding hydrogens is 712 g/mol. The van der Waals surface area contributed by atoms with Crippen LogP contribution in [0.2, 0.25) is 15.1 Å². The average molecular weight is 733 g/mol. The van der Waals surface area contributed by atoms with E-state index < -0.39 is 23.0 Å². The molecule has 0 saturated carbocycles. The van der Waals surface area contributed by atoms with Crippen LogP contribution in [-0.4, -0.2) is 36.0 Å². The Morgan fingerprint density at radius 2 is 1.72 bits per heavy atom. The second kappa shape index (κ2) is 12.8. The second-order valence-electron chi connectivity index (χ2n) is 10.2. The molecule has 0 aliphatic carbocycles. The van der Waals surface area contributed by atoms with E-state index in [0.717, 1.165) is 16.3 Å². The van der Waals surface area contributed by atoms with E-state index in [1.54, 1.807) is 42.5 Å². The van der Waals surface area contributed by atoms with Gasteiger partial charge in [0.2, 0.25) is 0 Å². The second-order valence-corrected chi connectivity index (χ2v) is 13.1. The SMILES string of the molecule is COc1cc(C=C2SC(=S)N(c3ccc(F)c(Cl)c3)C2=O)ccc1Oc1nc2c(c(=O)n(C)c(=O)n2C)n1Cc1ccc(Cl)cc1Cl. The van der Waals surface area contributed by atoms with Crippen LogP contribution in [0.15, 0.2) is 69.1 Å². The van der Waals surface area contributed by atoms with Gasteiger partial charge >= 0.3 is 11.7 Å². The molecule has 0 atom stereocenters. The van der Waals surface area contributed by atoms with E-state index in [-0.39, 0.29) is 44.6 Å². The van der Waals surface area contributed by atoms with Crippen molar-refractivity contribution in [3.05, 3.63) is 112 Å². The number of carbonyl (C=O) groups excluding carboxylic acids is 1. The predicted octanol–water partition coefficient (Wildman–Crippen LogP) is 6.79. The van der Waals surface area contributed by atoms with Crippen molar-refractivity contribution >= 4 is 91.9 Å². The van der Waals surface area contributed by atoms with Gasteiger partial charge < -0.3 is 9.47 Å². The molecule has 1 aliphatic heterocycles. The lowest BCUT2D eigenvalue weighted by atomic mass is 10.2. The number of benzene rings is 3.